The number of ether oxygens (including phenoxy) is 2. The number of nitrogens with zero attached hydrogens (tertiary/aromatic N) is 5. The molecule has 0 fully saturated rings. The number of aryl methyl sites for hydroxylation is 6. The van der Waals surface area contributed by atoms with Gasteiger partial charge in [0, 0.05) is 59.3 Å². The molecule has 12 heteroatoms. The molecule has 0 radical (unpaired) electrons. The van der Waals surface area contributed by atoms with Crippen LogP contribution < -0.4 is 20.1 Å². The molecule has 10 nitrogen and oxygen atoms in total. The number of carbonyl (C=O) groups excluding carboxylic acids is 2. The van der Waals surface area contributed by atoms with Gasteiger partial charge in [0.25, 0.3) is 11.8 Å². The van der Waals surface area contributed by atoms with Gasteiger partial charge in [0.1, 0.15) is 22.9 Å². The Kier molecular flexibility index (Phi) is 9.03. The number of primary amides is 1. The molecule has 3 aromatic heterocycles. The summed E-state index contributed by atoms with van der Waals surface area (Å²) >= 11 is 13.5. The van der Waals surface area contributed by atoms with Gasteiger partial charge in [-0.25, -0.2) is 0 Å². The summed E-state index contributed by atoms with van der Waals surface area (Å²) in [6, 6.07) is 13.1. The Labute approximate surface area is 312 Å². The van der Waals surface area contributed by atoms with Crippen molar-refractivity contribution in [1.82, 2.24) is 18.9 Å². The summed E-state index contributed by atoms with van der Waals surface area (Å²) in [5, 5.41) is 7.71. The van der Waals surface area contributed by atoms with E-state index in [0.717, 1.165) is 60.9 Å². The number of nitrogens with two attached hydrogens (primary N) is 1. The number of amides is 2. The topological polar surface area (TPSA) is 110 Å². The highest BCUT2D eigenvalue weighted by Crippen LogP contribution is 2.46. The van der Waals surface area contributed by atoms with Gasteiger partial charge in [0.15, 0.2) is 0 Å². The van der Waals surface area contributed by atoms with E-state index in [0.29, 0.717) is 64.7 Å². The van der Waals surface area contributed by atoms with Gasteiger partial charge in [-0.05, 0) is 101 Å². The number of hydrogen-bond donors (Lipinski definition) is 1. The van der Waals surface area contributed by atoms with Crippen LogP contribution in [0.15, 0.2) is 42.5 Å². The molecule has 2 amide bonds. The second-order valence-electron chi connectivity index (χ2n) is 13.8. The second kappa shape index (κ2) is 13.2. The molecule has 2 N–H and O–H groups in total. The van der Waals surface area contributed by atoms with Crippen molar-refractivity contribution < 1.29 is 19.1 Å². The highest BCUT2D eigenvalue weighted by molar-refractivity contribution is 6.35. The normalized spacial score (nSPS) is 14.5. The van der Waals surface area contributed by atoms with Crippen molar-refractivity contribution in [3.05, 3.63) is 92.0 Å². The van der Waals surface area contributed by atoms with Crippen LogP contribution in [0.25, 0.3) is 32.9 Å². The molecular formula is C40H42Cl2N6O4. The highest BCUT2D eigenvalue weighted by atomic mass is 35.5. The molecule has 0 unspecified atom stereocenters. The number of carbonyl (C=O) groups is 2. The quantitative estimate of drug-likeness (QED) is 0.150. The predicted octanol–water partition coefficient (Wildman–Crippen LogP) is 8.41. The van der Waals surface area contributed by atoms with E-state index >= 15 is 4.79 Å². The number of methoxy groups -OCH3 is 1. The number of hydrogen-bond acceptors (Lipinski definition) is 5. The summed E-state index contributed by atoms with van der Waals surface area (Å²) in [5.41, 5.74) is 15.5. The van der Waals surface area contributed by atoms with Crippen molar-refractivity contribution in [3.63, 3.8) is 0 Å². The lowest BCUT2D eigenvalue weighted by Gasteiger charge is -2.35. The first-order chi connectivity index (χ1) is 24.7. The molecule has 0 saturated carbocycles. The molecule has 6 aromatic rings. The molecule has 1 atom stereocenters. The number of benzene rings is 3. The zero-order chi connectivity index (χ0) is 37.3. The maximum atomic E-state index is 15.1. The minimum Gasteiger partial charge on any atom is -0.496 e. The predicted molar refractivity (Wildman–Crippen MR) is 208 cm³/mol. The molecule has 270 valence electrons. The largest absolute Gasteiger partial charge is 0.496 e. The Hall–Kier alpha value is -4.93. The average Bonchev–Trinajstić information content (AvgIpc) is 3.71. The van der Waals surface area contributed by atoms with Gasteiger partial charge in [0.2, 0.25) is 0 Å². The molecule has 1 aliphatic rings. The highest BCUT2D eigenvalue weighted by Gasteiger charge is 2.38. The maximum absolute atomic E-state index is 15.1. The molecule has 4 heterocycles. The first-order valence-electron chi connectivity index (χ1n) is 17.3. The van der Waals surface area contributed by atoms with E-state index in [-0.39, 0.29) is 11.9 Å². The van der Waals surface area contributed by atoms with Gasteiger partial charge in [-0.1, -0.05) is 29.3 Å². The number of fused-ring (bicyclic) bond motifs is 4. The third kappa shape index (κ3) is 5.51. The van der Waals surface area contributed by atoms with Gasteiger partial charge in [-0.15, -0.1) is 0 Å². The molecule has 0 aliphatic carbocycles. The molecule has 1 aliphatic heterocycles. The van der Waals surface area contributed by atoms with Crippen molar-refractivity contribution in [2.45, 2.75) is 53.5 Å². The van der Waals surface area contributed by atoms with E-state index in [1.54, 1.807) is 24.8 Å². The van der Waals surface area contributed by atoms with E-state index in [9.17, 15) is 4.79 Å². The molecule has 0 saturated heterocycles. The fourth-order valence-electron chi connectivity index (χ4n) is 7.99. The monoisotopic (exact) mass is 740 g/mol. The third-order valence-corrected chi connectivity index (χ3v) is 11.4. The number of halogens is 2. The first kappa shape index (κ1) is 35.5. The van der Waals surface area contributed by atoms with Gasteiger partial charge in [-0.3, -0.25) is 14.3 Å². The van der Waals surface area contributed by atoms with Crippen LogP contribution in [0, 0.1) is 27.7 Å². The number of rotatable bonds is 9. The van der Waals surface area contributed by atoms with Gasteiger partial charge in [-0.2, -0.15) is 5.10 Å². The number of anilines is 1. The molecule has 0 spiro atoms. The standard InChI is InChI=1S/C40H42Cl2N6O4/c1-20-16-25(17-21(2)35(20)42)52-15-9-10-26-27-11-12-29(41)34(33-23(4)44-46(7)24(33)5)37(27)48-22(3)19-47(40(50)38(26)48)30-13-14-32(51-8)28-18-31(39(43)49)45(6)36(28)30/h11-14,16-18,22H,9-10,15,19H2,1-8H3,(H2,43,49)/t22-/m1/s1. The van der Waals surface area contributed by atoms with Crippen LogP contribution in [0.1, 0.15) is 68.4 Å². The molecular weight excluding hydrogens is 699 g/mol. The lowest BCUT2D eigenvalue weighted by Crippen LogP contribution is -2.43. The minimum absolute atomic E-state index is 0.149. The SMILES string of the molecule is COc1ccc(N2C[C@@H](C)n3c(c(CCCOc4cc(C)c(Cl)c(C)c4)c4ccc(Cl)c(-c5c(C)nn(C)c5C)c43)C2=O)c2c1cc(C(N)=O)n2C. The van der Waals surface area contributed by atoms with E-state index in [1.165, 1.54) is 0 Å². The Morgan fingerprint density at radius 2 is 1.69 bits per heavy atom. The maximum Gasteiger partial charge on any atom is 0.275 e. The molecule has 52 heavy (non-hydrogen) atoms. The van der Waals surface area contributed by atoms with Crippen molar-refractivity contribution in [2.24, 2.45) is 19.8 Å². The van der Waals surface area contributed by atoms with Crippen molar-refractivity contribution in [3.8, 4) is 22.6 Å². The van der Waals surface area contributed by atoms with Crippen LogP contribution in [-0.4, -0.2) is 51.0 Å². The summed E-state index contributed by atoms with van der Waals surface area (Å²) in [4.78, 5) is 29.4. The first-order valence-corrected chi connectivity index (χ1v) is 18.0. The van der Waals surface area contributed by atoms with Crippen LogP contribution >= 0.6 is 23.2 Å². The lowest BCUT2D eigenvalue weighted by atomic mass is 9.98. The fourth-order valence-corrected chi connectivity index (χ4v) is 8.35. The van der Waals surface area contributed by atoms with E-state index in [1.807, 2.05) is 80.7 Å². The summed E-state index contributed by atoms with van der Waals surface area (Å²) in [6.07, 6.45) is 1.24. The summed E-state index contributed by atoms with van der Waals surface area (Å²) in [6.45, 7) is 10.9. The van der Waals surface area contributed by atoms with Crippen molar-refractivity contribution in [1.29, 1.82) is 0 Å². The average molecular weight is 742 g/mol. The third-order valence-electron chi connectivity index (χ3n) is 10.5. The minimum atomic E-state index is -0.566. The molecule has 7 rings (SSSR count). The van der Waals surface area contributed by atoms with Crippen LogP contribution in [0.2, 0.25) is 10.0 Å². The van der Waals surface area contributed by atoms with Crippen LogP contribution in [-0.2, 0) is 20.5 Å². The van der Waals surface area contributed by atoms with E-state index in [2.05, 4.69) is 11.5 Å². The summed E-state index contributed by atoms with van der Waals surface area (Å²) in [5.74, 6) is 0.631. The Bertz CT molecular complexity index is 2430. The molecule has 3 aromatic carbocycles. The van der Waals surface area contributed by atoms with Gasteiger partial charge >= 0.3 is 0 Å². The zero-order valence-corrected chi connectivity index (χ0v) is 32.2. The van der Waals surface area contributed by atoms with Crippen molar-refractivity contribution >= 4 is 62.5 Å². The van der Waals surface area contributed by atoms with E-state index in [4.69, 9.17) is 43.5 Å². The van der Waals surface area contributed by atoms with Crippen molar-refractivity contribution in [2.75, 3.05) is 25.2 Å². The fraction of sp³-hybridized carbons (Fsp3) is 0.325. The summed E-state index contributed by atoms with van der Waals surface area (Å²) in [7, 11) is 5.29. The summed E-state index contributed by atoms with van der Waals surface area (Å²) < 4.78 is 17.7. The molecule has 0 bridgehead atoms. The van der Waals surface area contributed by atoms with Crippen LogP contribution in [0.4, 0.5) is 5.69 Å². The Morgan fingerprint density at radius 3 is 2.33 bits per heavy atom. The van der Waals surface area contributed by atoms with Crippen LogP contribution in [0.3, 0.4) is 0 Å². The smallest absolute Gasteiger partial charge is 0.275 e. The van der Waals surface area contributed by atoms with E-state index < -0.39 is 5.91 Å². The second-order valence-corrected chi connectivity index (χ2v) is 14.6. The van der Waals surface area contributed by atoms with Gasteiger partial charge in [0.05, 0.1) is 41.2 Å². The van der Waals surface area contributed by atoms with Gasteiger partial charge < -0.3 is 29.2 Å². The lowest BCUT2D eigenvalue weighted by molar-refractivity contribution is 0.0956. The zero-order valence-electron chi connectivity index (χ0n) is 30.6. The number of aromatic nitrogens is 4. The van der Waals surface area contributed by atoms with Crippen LogP contribution in [0.5, 0.6) is 11.5 Å². The Balaban J connectivity index is 1.40. The Morgan fingerprint density at radius 1 is 0.981 bits per heavy atom.